The monoisotopic (exact) mass is 749 g/mol. The highest BCUT2D eigenvalue weighted by Gasteiger charge is 2.29. The summed E-state index contributed by atoms with van der Waals surface area (Å²) in [6, 6.07) is 25.4. The molecule has 0 atom stereocenters. The molecule has 2 amide bonds. The molecule has 2 aliphatic carbocycles. The molecule has 7 N–H and O–H groups in total. The molecule has 4 heterocycles. The molecule has 8 rings (SSSR count). The van der Waals surface area contributed by atoms with Crippen molar-refractivity contribution >= 4 is 51.9 Å². The van der Waals surface area contributed by atoms with Crippen LogP contribution in [0.4, 0.5) is 39.0 Å². The van der Waals surface area contributed by atoms with Gasteiger partial charge in [0, 0.05) is 71.7 Å². The maximum Gasteiger partial charge on any atom is 0.320 e. The molecule has 4 aromatic heterocycles. The fourth-order valence-corrected chi connectivity index (χ4v) is 7.21. The van der Waals surface area contributed by atoms with Crippen molar-refractivity contribution in [2.24, 2.45) is 0 Å². The second kappa shape index (κ2) is 17.2. The van der Waals surface area contributed by atoms with Crippen molar-refractivity contribution in [3.05, 3.63) is 120 Å². The Balaban J connectivity index is 0.000000172. The van der Waals surface area contributed by atoms with E-state index in [2.05, 4.69) is 60.4 Å². The predicted octanol–water partition coefficient (Wildman–Crippen LogP) is 9.64. The van der Waals surface area contributed by atoms with Gasteiger partial charge in [-0.1, -0.05) is 36.4 Å². The lowest BCUT2D eigenvalue weighted by Crippen LogP contribution is -2.28. The molecule has 12 nitrogen and oxygen atoms in total. The molecule has 0 fully saturated rings. The SMILES string of the molecule is CC(C)Nc1cnccc1-c1[nH]c2c(c1Nc1ccccc1)C(=O)CCC2.CCNC(=O)Nc1cc(-c2[nH]c3c(c2Nc2ccccc2)C(=O)CCC3)ccn1. The number of hydrogen-bond acceptors (Lipinski definition) is 8. The molecular formula is C44H47N9O3. The van der Waals surface area contributed by atoms with Crippen LogP contribution in [0.1, 0.15) is 78.6 Å². The Bertz CT molecular complexity index is 2330. The van der Waals surface area contributed by atoms with Crippen LogP contribution in [0.3, 0.4) is 0 Å². The molecule has 286 valence electrons. The first-order chi connectivity index (χ1) is 27.3. The molecule has 6 aromatic rings. The lowest BCUT2D eigenvalue weighted by atomic mass is 9.95. The van der Waals surface area contributed by atoms with Gasteiger partial charge in [-0.25, -0.2) is 9.78 Å². The van der Waals surface area contributed by atoms with E-state index in [1.54, 1.807) is 18.5 Å². The Hall–Kier alpha value is -6.69. The number of para-hydroxylation sites is 2. The number of aromatic nitrogens is 4. The minimum Gasteiger partial charge on any atom is -0.381 e. The van der Waals surface area contributed by atoms with Crippen LogP contribution in [-0.2, 0) is 12.8 Å². The standard InChI is InChI=1S/C22H23N5O2.C22H24N4O/c1-2-23-22(29)27-18-13-14(11-12-24-18)20-21(25-15-7-4-3-5-8-15)19-16(26-20)9-6-10-17(19)28;1-14(2)24-18-13-23-12-11-16(18)21-22(25-15-7-4-3-5-8-15)20-17(26-21)9-6-10-19(20)27/h3-5,7-8,11-13,25-26H,2,6,9-10H2,1H3,(H2,23,24,27,29);3-5,7-8,11-14,24-26H,6,9-10H2,1-2H3. The number of urea groups is 1. The number of nitrogens with one attached hydrogen (secondary N) is 7. The maximum absolute atomic E-state index is 12.7. The molecule has 0 saturated carbocycles. The third-order valence-corrected chi connectivity index (χ3v) is 9.62. The molecule has 56 heavy (non-hydrogen) atoms. The third kappa shape index (κ3) is 8.49. The molecule has 0 saturated heterocycles. The van der Waals surface area contributed by atoms with Crippen LogP contribution in [0, 0.1) is 0 Å². The van der Waals surface area contributed by atoms with Crippen LogP contribution in [0.5, 0.6) is 0 Å². The van der Waals surface area contributed by atoms with Crippen LogP contribution in [-0.4, -0.2) is 50.1 Å². The molecular weight excluding hydrogens is 703 g/mol. The fourth-order valence-electron chi connectivity index (χ4n) is 7.21. The second-order valence-electron chi connectivity index (χ2n) is 14.1. The van der Waals surface area contributed by atoms with Gasteiger partial charge in [0.2, 0.25) is 0 Å². The Kier molecular flexibility index (Phi) is 11.5. The first-order valence-corrected chi connectivity index (χ1v) is 19.2. The minimum atomic E-state index is -0.305. The van der Waals surface area contributed by atoms with Crippen molar-refractivity contribution in [1.82, 2.24) is 25.3 Å². The minimum absolute atomic E-state index is 0.141. The van der Waals surface area contributed by atoms with Gasteiger partial charge in [0.15, 0.2) is 11.6 Å². The number of aryl methyl sites for hydroxylation is 2. The fraction of sp³-hybridized carbons (Fsp3) is 0.250. The highest BCUT2D eigenvalue weighted by atomic mass is 16.2. The zero-order chi connectivity index (χ0) is 39.0. The Labute approximate surface area is 326 Å². The van der Waals surface area contributed by atoms with E-state index in [-0.39, 0.29) is 23.6 Å². The summed E-state index contributed by atoms with van der Waals surface area (Å²) in [5.74, 6) is 0.782. The summed E-state index contributed by atoms with van der Waals surface area (Å²) in [4.78, 5) is 52.7. The number of amides is 2. The number of Topliss-reactive ketones (excluding diaryl/α,β-unsaturated/α-hetero) is 2. The molecule has 12 heteroatoms. The zero-order valence-corrected chi connectivity index (χ0v) is 31.9. The summed E-state index contributed by atoms with van der Waals surface area (Å²) in [7, 11) is 0. The molecule has 2 aliphatic rings. The number of rotatable bonds is 10. The number of pyridine rings is 2. The largest absolute Gasteiger partial charge is 0.381 e. The van der Waals surface area contributed by atoms with Crippen molar-refractivity contribution in [2.45, 2.75) is 65.3 Å². The van der Waals surface area contributed by atoms with Gasteiger partial charge in [-0.2, -0.15) is 0 Å². The van der Waals surface area contributed by atoms with Crippen LogP contribution in [0.2, 0.25) is 0 Å². The van der Waals surface area contributed by atoms with Gasteiger partial charge in [0.1, 0.15) is 5.82 Å². The number of fused-ring (bicyclic) bond motifs is 2. The quantitative estimate of drug-likeness (QED) is 0.0726. The summed E-state index contributed by atoms with van der Waals surface area (Å²) < 4.78 is 0. The lowest BCUT2D eigenvalue weighted by molar-refractivity contribution is 0.0965. The van der Waals surface area contributed by atoms with Gasteiger partial charge in [0.05, 0.1) is 45.8 Å². The Morgan fingerprint density at radius 2 is 1.34 bits per heavy atom. The number of H-pyrrole nitrogens is 2. The summed E-state index contributed by atoms with van der Waals surface area (Å²) in [6.07, 6.45) is 9.88. The van der Waals surface area contributed by atoms with Gasteiger partial charge >= 0.3 is 6.03 Å². The summed E-state index contributed by atoms with van der Waals surface area (Å²) in [5, 5.41) is 15.8. The van der Waals surface area contributed by atoms with Crippen LogP contribution in [0.25, 0.3) is 22.5 Å². The zero-order valence-electron chi connectivity index (χ0n) is 31.9. The van der Waals surface area contributed by atoms with E-state index in [9.17, 15) is 14.4 Å². The Morgan fingerprint density at radius 1 is 0.750 bits per heavy atom. The highest BCUT2D eigenvalue weighted by Crippen LogP contribution is 2.42. The number of nitrogens with zero attached hydrogens (tertiary/aromatic N) is 2. The number of carbonyl (C=O) groups is 3. The van der Waals surface area contributed by atoms with E-state index in [1.807, 2.05) is 85.9 Å². The predicted molar refractivity (Wildman–Crippen MR) is 223 cm³/mol. The topological polar surface area (TPSA) is 169 Å². The normalized spacial score (nSPS) is 13.2. The van der Waals surface area contributed by atoms with E-state index in [1.165, 1.54) is 0 Å². The smallest absolute Gasteiger partial charge is 0.320 e. The number of anilines is 6. The molecule has 0 unspecified atom stereocenters. The lowest BCUT2D eigenvalue weighted by Gasteiger charge is -2.16. The van der Waals surface area contributed by atoms with Gasteiger partial charge in [0.25, 0.3) is 0 Å². The summed E-state index contributed by atoms with van der Waals surface area (Å²) in [5.41, 5.74) is 11.6. The first kappa shape index (κ1) is 37.6. The average Bonchev–Trinajstić information content (AvgIpc) is 3.76. The molecule has 0 radical (unpaired) electrons. The summed E-state index contributed by atoms with van der Waals surface area (Å²) >= 11 is 0. The van der Waals surface area contributed by atoms with E-state index < -0.39 is 0 Å². The number of aromatic amines is 2. The third-order valence-electron chi connectivity index (χ3n) is 9.62. The van der Waals surface area contributed by atoms with E-state index in [4.69, 9.17) is 0 Å². The second-order valence-corrected chi connectivity index (χ2v) is 14.1. The van der Waals surface area contributed by atoms with Crippen LogP contribution in [0.15, 0.2) is 97.5 Å². The van der Waals surface area contributed by atoms with E-state index >= 15 is 0 Å². The average molecular weight is 750 g/mol. The molecule has 0 bridgehead atoms. The number of benzene rings is 2. The molecule has 2 aromatic carbocycles. The number of ketones is 2. The van der Waals surface area contributed by atoms with Crippen molar-refractivity contribution in [2.75, 3.05) is 27.8 Å². The van der Waals surface area contributed by atoms with E-state index in [0.717, 1.165) is 99.1 Å². The van der Waals surface area contributed by atoms with Crippen molar-refractivity contribution in [3.63, 3.8) is 0 Å². The Morgan fingerprint density at radius 3 is 1.93 bits per heavy atom. The van der Waals surface area contributed by atoms with Gasteiger partial charge in [-0.05, 0) is 88.9 Å². The van der Waals surface area contributed by atoms with Crippen molar-refractivity contribution in [1.29, 1.82) is 0 Å². The van der Waals surface area contributed by atoms with Crippen LogP contribution < -0.4 is 26.6 Å². The highest BCUT2D eigenvalue weighted by molar-refractivity contribution is 6.08. The molecule has 0 aliphatic heterocycles. The van der Waals surface area contributed by atoms with Crippen LogP contribution >= 0.6 is 0 Å². The number of carbonyl (C=O) groups excluding carboxylic acids is 3. The maximum atomic E-state index is 12.7. The first-order valence-electron chi connectivity index (χ1n) is 19.2. The van der Waals surface area contributed by atoms with Gasteiger partial charge < -0.3 is 31.2 Å². The summed E-state index contributed by atoms with van der Waals surface area (Å²) in [6.45, 7) is 6.58. The van der Waals surface area contributed by atoms with Crippen molar-refractivity contribution in [3.8, 4) is 22.5 Å². The van der Waals surface area contributed by atoms with E-state index in [0.29, 0.717) is 25.2 Å². The molecule has 0 spiro atoms. The van der Waals surface area contributed by atoms with Gasteiger partial charge in [-0.15, -0.1) is 0 Å². The number of hydrogen-bond donors (Lipinski definition) is 7. The van der Waals surface area contributed by atoms with Crippen molar-refractivity contribution < 1.29 is 14.4 Å². The van der Waals surface area contributed by atoms with Gasteiger partial charge in [-0.3, -0.25) is 19.9 Å².